The number of esters is 2. The predicted octanol–water partition coefficient (Wildman–Crippen LogP) is 2.66. The highest BCUT2D eigenvalue weighted by Crippen LogP contribution is 2.47. The van der Waals surface area contributed by atoms with Crippen LogP contribution in [0.1, 0.15) is 29.6 Å². The summed E-state index contributed by atoms with van der Waals surface area (Å²) in [6, 6.07) is 6.37. The average molecular weight is 325 g/mol. The minimum Gasteiger partial charge on any atom is -0.468 e. The van der Waals surface area contributed by atoms with E-state index in [4.69, 9.17) is 21.1 Å². The van der Waals surface area contributed by atoms with E-state index in [0.29, 0.717) is 23.4 Å². The maximum atomic E-state index is 12.8. The lowest BCUT2D eigenvalue weighted by atomic mass is 9.74. The fraction of sp³-hybridized carbons (Fsp3) is 0.438. The summed E-state index contributed by atoms with van der Waals surface area (Å²) in [5, 5.41) is 0.509. The van der Waals surface area contributed by atoms with Crippen LogP contribution in [0.2, 0.25) is 5.02 Å². The Bertz CT molecular complexity index is 577. The number of ketones is 1. The molecule has 0 amide bonds. The second kappa shape index (κ2) is 6.48. The summed E-state index contributed by atoms with van der Waals surface area (Å²) in [4.78, 5) is 37.2. The lowest BCUT2D eigenvalue weighted by molar-refractivity contribution is -0.171. The van der Waals surface area contributed by atoms with Crippen LogP contribution in [-0.2, 0) is 19.1 Å². The molecule has 1 saturated carbocycles. The molecule has 118 valence electrons. The summed E-state index contributed by atoms with van der Waals surface area (Å²) in [7, 11) is 2.41. The Morgan fingerprint density at radius 3 is 2.14 bits per heavy atom. The highest BCUT2D eigenvalue weighted by atomic mass is 35.5. The molecule has 2 rings (SSSR count). The van der Waals surface area contributed by atoms with Crippen LogP contribution >= 0.6 is 11.6 Å². The lowest BCUT2D eigenvalue weighted by Crippen LogP contribution is -2.46. The van der Waals surface area contributed by atoms with E-state index in [1.165, 1.54) is 14.2 Å². The van der Waals surface area contributed by atoms with Crippen molar-refractivity contribution in [3.8, 4) is 0 Å². The molecule has 1 aromatic rings. The number of methoxy groups -OCH3 is 2. The summed E-state index contributed by atoms with van der Waals surface area (Å²) >= 11 is 5.82. The first kappa shape index (κ1) is 16.5. The Hall–Kier alpha value is -1.88. The molecular weight excluding hydrogens is 308 g/mol. The number of carbonyl (C=O) groups excluding carboxylic acids is 3. The van der Waals surface area contributed by atoms with Crippen LogP contribution in [0, 0.1) is 11.3 Å². The molecule has 0 aliphatic heterocycles. The normalized spacial score (nSPS) is 19.5. The van der Waals surface area contributed by atoms with Crippen molar-refractivity contribution in [1.82, 2.24) is 0 Å². The van der Waals surface area contributed by atoms with E-state index in [9.17, 15) is 14.4 Å². The van der Waals surface area contributed by atoms with Crippen LogP contribution < -0.4 is 0 Å². The van der Waals surface area contributed by atoms with Gasteiger partial charge in [-0.1, -0.05) is 18.0 Å². The van der Waals surface area contributed by atoms with Crippen LogP contribution in [-0.4, -0.2) is 31.9 Å². The SMILES string of the molecule is COC(=O)C1(C(=O)OC)CCCC1C(=O)c1ccc(Cl)cc1. The predicted molar refractivity (Wildman–Crippen MR) is 79.6 cm³/mol. The van der Waals surface area contributed by atoms with Crippen molar-refractivity contribution < 1.29 is 23.9 Å². The second-order valence-corrected chi connectivity index (χ2v) is 5.71. The Labute approximate surface area is 133 Å². The third-order valence-corrected chi connectivity index (χ3v) is 4.46. The Kier molecular flexibility index (Phi) is 4.86. The standard InChI is InChI=1S/C16H17ClO5/c1-21-14(19)16(15(20)22-2)9-3-4-12(16)13(18)10-5-7-11(17)8-6-10/h5-8,12H,3-4,9H2,1-2H3. The largest absolute Gasteiger partial charge is 0.468 e. The van der Waals surface area contributed by atoms with Gasteiger partial charge < -0.3 is 9.47 Å². The molecular formula is C16H17ClO5. The third kappa shape index (κ3) is 2.61. The molecule has 1 aliphatic carbocycles. The molecule has 0 aromatic heterocycles. The van der Waals surface area contributed by atoms with Crippen molar-refractivity contribution in [3.05, 3.63) is 34.9 Å². The topological polar surface area (TPSA) is 69.7 Å². The average Bonchev–Trinajstić information content (AvgIpc) is 2.99. The number of rotatable bonds is 4. The van der Waals surface area contributed by atoms with Crippen LogP contribution in [0.25, 0.3) is 0 Å². The summed E-state index contributed by atoms with van der Waals surface area (Å²) in [5.41, 5.74) is -1.14. The molecule has 1 atom stereocenters. The van der Waals surface area contributed by atoms with Crippen molar-refractivity contribution in [3.63, 3.8) is 0 Å². The Morgan fingerprint density at radius 1 is 1.09 bits per heavy atom. The number of benzene rings is 1. The van der Waals surface area contributed by atoms with E-state index in [1.807, 2.05) is 0 Å². The van der Waals surface area contributed by atoms with Gasteiger partial charge in [-0.15, -0.1) is 0 Å². The molecule has 1 fully saturated rings. The highest BCUT2D eigenvalue weighted by molar-refractivity contribution is 6.30. The van der Waals surface area contributed by atoms with E-state index < -0.39 is 23.3 Å². The van der Waals surface area contributed by atoms with Crippen LogP contribution in [0.5, 0.6) is 0 Å². The first-order chi connectivity index (χ1) is 10.5. The van der Waals surface area contributed by atoms with E-state index in [2.05, 4.69) is 0 Å². The molecule has 0 radical (unpaired) electrons. The van der Waals surface area contributed by atoms with Crippen molar-refractivity contribution >= 4 is 29.3 Å². The van der Waals surface area contributed by atoms with Crippen LogP contribution in [0.4, 0.5) is 0 Å². The molecule has 0 N–H and O–H groups in total. The lowest BCUT2D eigenvalue weighted by Gasteiger charge is -2.29. The number of Topliss-reactive ketones (excluding diaryl/α,β-unsaturated/α-hetero) is 1. The van der Waals surface area contributed by atoms with Gasteiger partial charge in [0.25, 0.3) is 0 Å². The van der Waals surface area contributed by atoms with Gasteiger partial charge in [0.15, 0.2) is 11.2 Å². The van der Waals surface area contributed by atoms with Crippen molar-refractivity contribution in [2.24, 2.45) is 11.3 Å². The van der Waals surface area contributed by atoms with Crippen molar-refractivity contribution in [2.45, 2.75) is 19.3 Å². The van der Waals surface area contributed by atoms with Crippen molar-refractivity contribution in [2.75, 3.05) is 14.2 Å². The molecule has 0 saturated heterocycles. The molecule has 1 aliphatic rings. The van der Waals surface area contributed by atoms with Gasteiger partial charge in [0, 0.05) is 16.5 Å². The summed E-state index contributed by atoms with van der Waals surface area (Å²) < 4.78 is 9.57. The van der Waals surface area contributed by atoms with Gasteiger partial charge >= 0.3 is 11.9 Å². The Morgan fingerprint density at radius 2 is 1.64 bits per heavy atom. The minimum absolute atomic E-state index is 0.246. The highest BCUT2D eigenvalue weighted by Gasteiger charge is 2.59. The van der Waals surface area contributed by atoms with Crippen LogP contribution in [0.3, 0.4) is 0 Å². The first-order valence-corrected chi connectivity index (χ1v) is 7.31. The van der Waals surface area contributed by atoms with Gasteiger partial charge in [-0.3, -0.25) is 14.4 Å². The molecule has 1 aromatic carbocycles. The molecule has 1 unspecified atom stereocenters. The number of halogens is 1. The third-order valence-electron chi connectivity index (χ3n) is 4.20. The van der Waals surface area contributed by atoms with Gasteiger partial charge in [-0.25, -0.2) is 0 Å². The van der Waals surface area contributed by atoms with Crippen molar-refractivity contribution in [1.29, 1.82) is 0 Å². The summed E-state index contributed by atoms with van der Waals surface area (Å²) in [6.45, 7) is 0. The van der Waals surface area contributed by atoms with Gasteiger partial charge in [0.2, 0.25) is 0 Å². The molecule has 5 nitrogen and oxygen atoms in total. The van der Waals surface area contributed by atoms with E-state index in [0.717, 1.165) is 0 Å². The van der Waals surface area contributed by atoms with E-state index in [-0.39, 0.29) is 12.2 Å². The van der Waals surface area contributed by atoms with E-state index in [1.54, 1.807) is 24.3 Å². The molecule has 0 spiro atoms. The maximum absolute atomic E-state index is 12.8. The number of hydrogen-bond donors (Lipinski definition) is 0. The first-order valence-electron chi connectivity index (χ1n) is 6.94. The quantitative estimate of drug-likeness (QED) is 0.484. The van der Waals surface area contributed by atoms with E-state index >= 15 is 0 Å². The molecule has 22 heavy (non-hydrogen) atoms. The van der Waals surface area contributed by atoms with Gasteiger partial charge in [0.1, 0.15) is 0 Å². The zero-order valence-corrected chi connectivity index (χ0v) is 13.2. The monoisotopic (exact) mass is 324 g/mol. The second-order valence-electron chi connectivity index (χ2n) is 5.27. The number of ether oxygens (including phenoxy) is 2. The fourth-order valence-corrected chi connectivity index (χ4v) is 3.24. The van der Waals surface area contributed by atoms with Gasteiger partial charge in [-0.2, -0.15) is 0 Å². The maximum Gasteiger partial charge on any atom is 0.323 e. The number of hydrogen-bond acceptors (Lipinski definition) is 5. The molecule has 6 heteroatoms. The Balaban J connectivity index is 2.42. The minimum atomic E-state index is -1.56. The van der Waals surface area contributed by atoms with Crippen LogP contribution in [0.15, 0.2) is 24.3 Å². The summed E-state index contributed by atoms with van der Waals surface area (Å²) in [6.07, 6.45) is 1.26. The smallest absolute Gasteiger partial charge is 0.323 e. The fourth-order valence-electron chi connectivity index (χ4n) is 3.11. The molecule has 0 heterocycles. The zero-order chi connectivity index (χ0) is 16.3. The van der Waals surface area contributed by atoms with Gasteiger partial charge in [0.05, 0.1) is 14.2 Å². The zero-order valence-electron chi connectivity index (χ0n) is 12.4. The number of carbonyl (C=O) groups is 3. The van der Waals surface area contributed by atoms with Gasteiger partial charge in [-0.05, 0) is 37.1 Å². The molecule has 0 bridgehead atoms. The summed E-state index contributed by atoms with van der Waals surface area (Å²) in [5.74, 6) is -2.49.